The number of hydrogen-bond donors (Lipinski definition) is 2. The molecule has 1 spiro atoms. The topological polar surface area (TPSA) is 100 Å². The van der Waals surface area contributed by atoms with Crippen LogP contribution >= 0.6 is 0 Å². The molecule has 9 nitrogen and oxygen atoms in total. The van der Waals surface area contributed by atoms with E-state index in [4.69, 9.17) is 9.97 Å². The normalized spacial score (nSPS) is 25.7. The van der Waals surface area contributed by atoms with Crippen molar-refractivity contribution in [2.24, 2.45) is 0 Å². The zero-order chi connectivity index (χ0) is 24.9. The summed E-state index contributed by atoms with van der Waals surface area (Å²) in [5.41, 5.74) is 3.51. The summed E-state index contributed by atoms with van der Waals surface area (Å²) in [6.45, 7) is 4.02. The Bertz CT molecular complexity index is 1220. The fraction of sp³-hybridized carbons (Fsp3) is 0.556. The predicted octanol–water partition coefficient (Wildman–Crippen LogP) is 1.69. The van der Waals surface area contributed by atoms with Crippen molar-refractivity contribution in [1.82, 2.24) is 20.2 Å². The number of amides is 1. The lowest BCUT2D eigenvalue weighted by Crippen LogP contribution is -2.58. The first-order chi connectivity index (χ1) is 17.5. The first kappa shape index (κ1) is 23.2. The molecule has 0 saturated carbocycles. The van der Waals surface area contributed by atoms with Crippen molar-refractivity contribution in [2.75, 3.05) is 61.9 Å². The van der Waals surface area contributed by atoms with Crippen molar-refractivity contribution in [2.45, 2.75) is 49.6 Å². The van der Waals surface area contributed by atoms with Gasteiger partial charge in [-0.3, -0.25) is 4.79 Å². The minimum Gasteiger partial charge on any atom is -0.352 e. The second-order valence-electron chi connectivity index (χ2n) is 10.9. The van der Waals surface area contributed by atoms with Crippen molar-refractivity contribution in [3.63, 3.8) is 0 Å². The fourth-order valence-corrected chi connectivity index (χ4v) is 6.26. The Morgan fingerprint density at radius 1 is 1.19 bits per heavy atom. The van der Waals surface area contributed by atoms with E-state index >= 15 is 0 Å². The summed E-state index contributed by atoms with van der Waals surface area (Å²) >= 11 is 0. The van der Waals surface area contributed by atoms with Crippen LogP contribution in [-0.4, -0.2) is 79.7 Å². The van der Waals surface area contributed by atoms with Gasteiger partial charge in [-0.1, -0.05) is 24.3 Å². The van der Waals surface area contributed by atoms with Crippen LogP contribution in [0.5, 0.6) is 0 Å². The number of nitriles is 1. The molecule has 36 heavy (non-hydrogen) atoms. The Morgan fingerprint density at radius 2 is 2.03 bits per heavy atom. The van der Waals surface area contributed by atoms with E-state index in [0.717, 1.165) is 74.2 Å². The molecule has 1 aromatic heterocycles. The van der Waals surface area contributed by atoms with E-state index in [1.807, 2.05) is 6.07 Å². The van der Waals surface area contributed by atoms with Crippen molar-refractivity contribution in [3.8, 4) is 6.07 Å². The minimum atomic E-state index is -0.585. The molecule has 2 N–H and O–H groups in total. The van der Waals surface area contributed by atoms with Crippen LogP contribution in [-0.2, 0) is 23.1 Å². The van der Waals surface area contributed by atoms with Crippen molar-refractivity contribution >= 4 is 23.4 Å². The number of piperazine rings is 1. The van der Waals surface area contributed by atoms with Crippen LogP contribution in [0.25, 0.3) is 0 Å². The number of nitrogens with one attached hydrogen (secondary N) is 2. The highest BCUT2D eigenvalue weighted by molar-refractivity contribution is 6.04. The zero-order valence-corrected chi connectivity index (χ0v) is 21.1. The summed E-state index contributed by atoms with van der Waals surface area (Å²) in [5, 5.41) is 16.0. The van der Waals surface area contributed by atoms with E-state index in [0.29, 0.717) is 25.4 Å². The maximum atomic E-state index is 13.8. The van der Waals surface area contributed by atoms with Gasteiger partial charge in [-0.2, -0.15) is 10.2 Å². The Hall–Kier alpha value is -3.22. The third kappa shape index (κ3) is 3.80. The zero-order valence-electron chi connectivity index (χ0n) is 21.1. The molecule has 1 aromatic carbocycles. The third-order valence-electron chi connectivity index (χ3n) is 8.45. The Balaban J connectivity index is 1.41. The largest absolute Gasteiger partial charge is 0.352 e. The third-order valence-corrected chi connectivity index (χ3v) is 8.45. The number of anilines is 3. The number of carbonyl (C=O) groups excluding carboxylic acids is 1. The Kier molecular flexibility index (Phi) is 5.81. The van der Waals surface area contributed by atoms with Crippen LogP contribution in [0, 0.1) is 11.3 Å². The maximum Gasteiger partial charge on any atom is 0.235 e. The average Bonchev–Trinajstić information content (AvgIpc) is 2.84. The second-order valence-corrected chi connectivity index (χ2v) is 10.9. The summed E-state index contributed by atoms with van der Waals surface area (Å²) in [6.07, 6.45) is 3.87. The van der Waals surface area contributed by atoms with Gasteiger partial charge < -0.3 is 25.3 Å². The molecule has 6 rings (SSSR count). The number of fused-ring (bicyclic) bond motifs is 3. The monoisotopic (exact) mass is 486 g/mol. The lowest BCUT2D eigenvalue weighted by Gasteiger charge is -2.45. The van der Waals surface area contributed by atoms with Gasteiger partial charge in [0.15, 0.2) is 5.82 Å². The van der Waals surface area contributed by atoms with E-state index in [1.165, 1.54) is 5.56 Å². The molecule has 2 aromatic rings. The van der Waals surface area contributed by atoms with Crippen LogP contribution in [0.1, 0.15) is 36.1 Å². The summed E-state index contributed by atoms with van der Waals surface area (Å²) in [4.78, 5) is 30.7. The van der Waals surface area contributed by atoms with Crippen LogP contribution in [0.2, 0.25) is 0 Å². The smallest absolute Gasteiger partial charge is 0.235 e. The summed E-state index contributed by atoms with van der Waals surface area (Å²) in [6, 6.07) is 11.3. The van der Waals surface area contributed by atoms with E-state index < -0.39 is 5.41 Å². The fourth-order valence-electron chi connectivity index (χ4n) is 6.26. The molecule has 3 aliphatic heterocycles. The molecule has 1 amide bonds. The lowest BCUT2D eigenvalue weighted by atomic mass is 9.65. The van der Waals surface area contributed by atoms with Gasteiger partial charge in [-0.25, -0.2) is 4.98 Å². The number of likely N-dealkylation sites (N-methyl/N-ethyl adjacent to an activating group) is 1. The van der Waals surface area contributed by atoms with Gasteiger partial charge in [0.1, 0.15) is 5.69 Å². The van der Waals surface area contributed by atoms with E-state index in [-0.39, 0.29) is 11.9 Å². The number of benzene rings is 1. The van der Waals surface area contributed by atoms with Crippen LogP contribution < -0.4 is 20.4 Å². The molecule has 1 aliphatic carbocycles. The standard InChI is InChI=1S/C27H34N8O/c1-33(2)20-16-35(17-20)26-30-22-14-27(10-5-7-18-6-3-4-8-21(18)27)25(36)31-23(22)24(32-26)34-13-12-29-19(15-34)9-11-28/h3-4,6,8,19-20,29H,5,7,9-10,12-17H2,1-2H3,(H,31,36). The van der Waals surface area contributed by atoms with E-state index in [1.54, 1.807) is 0 Å². The molecule has 9 heteroatoms. The molecule has 188 valence electrons. The number of nitrogens with zero attached hydrogens (tertiary/aromatic N) is 6. The van der Waals surface area contributed by atoms with Crippen LogP contribution in [0.4, 0.5) is 17.5 Å². The maximum absolute atomic E-state index is 13.8. The van der Waals surface area contributed by atoms with Gasteiger partial charge in [0.05, 0.1) is 23.6 Å². The molecule has 2 unspecified atom stereocenters. The number of carbonyl (C=O) groups is 1. The van der Waals surface area contributed by atoms with Gasteiger partial charge in [-0.05, 0) is 44.5 Å². The number of aromatic nitrogens is 2. The molecule has 4 heterocycles. The van der Waals surface area contributed by atoms with E-state index in [9.17, 15) is 10.1 Å². The molecule has 0 bridgehead atoms. The highest BCUT2D eigenvalue weighted by atomic mass is 16.2. The number of aryl methyl sites for hydroxylation is 1. The van der Waals surface area contributed by atoms with Crippen molar-refractivity contribution in [3.05, 3.63) is 41.1 Å². The molecule has 4 aliphatic rings. The Labute approximate surface area is 212 Å². The molecule has 2 saturated heterocycles. The number of rotatable bonds is 4. The highest BCUT2D eigenvalue weighted by Gasteiger charge is 2.48. The minimum absolute atomic E-state index is 0.0556. The van der Waals surface area contributed by atoms with Gasteiger partial charge >= 0.3 is 0 Å². The van der Waals surface area contributed by atoms with Gasteiger partial charge in [-0.15, -0.1) is 0 Å². The SMILES string of the molecule is CN(C)C1CN(c2nc3c(c(N4CCNC(CC#N)C4)n2)NC(=O)C2(CCCc4ccccc42)C3)C1. The van der Waals surface area contributed by atoms with Gasteiger partial charge in [0.2, 0.25) is 11.9 Å². The first-order valence-corrected chi connectivity index (χ1v) is 13.1. The second kappa shape index (κ2) is 9.02. The van der Waals surface area contributed by atoms with Crippen molar-refractivity contribution in [1.29, 1.82) is 5.26 Å². The summed E-state index contributed by atoms with van der Waals surface area (Å²) in [5.74, 6) is 1.59. The van der Waals surface area contributed by atoms with Gasteiger partial charge in [0, 0.05) is 51.2 Å². The number of hydrogen-bond acceptors (Lipinski definition) is 8. The summed E-state index contributed by atoms with van der Waals surface area (Å²) < 4.78 is 0. The van der Waals surface area contributed by atoms with Gasteiger partial charge in [0.25, 0.3) is 0 Å². The van der Waals surface area contributed by atoms with Crippen LogP contribution in [0.3, 0.4) is 0 Å². The first-order valence-electron chi connectivity index (χ1n) is 13.1. The predicted molar refractivity (Wildman–Crippen MR) is 139 cm³/mol. The summed E-state index contributed by atoms with van der Waals surface area (Å²) in [7, 11) is 4.22. The highest BCUT2D eigenvalue weighted by Crippen LogP contribution is 2.46. The molecule has 2 fully saturated rings. The molecule has 0 radical (unpaired) electrons. The van der Waals surface area contributed by atoms with Crippen molar-refractivity contribution < 1.29 is 4.79 Å². The Morgan fingerprint density at radius 3 is 2.83 bits per heavy atom. The lowest BCUT2D eigenvalue weighted by molar-refractivity contribution is -0.122. The molecular weight excluding hydrogens is 452 g/mol. The molecular formula is C27H34N8O. The average molecular weight is 487 g/mol. The quantitative estimate of drug-likeness (QED) is 0.674. The van der Waals surface area contributed by atoms with Crippen LogP contribution in [0.15, 0.2) is 24.3 Å². The molecule has 2 atom stereocenters. The van der Waals surface area contributed by atoms with E-state index in [2.05, 4.69) is 63.7 Å².